The van der Waals surface area contributed by atoms with Gasteiger partial charge in [-0.25, -0.2) is 8.78 Å². The first-order valence-electron chi connectivity index (χ1n) is 4.46. The molecule has 0 spiro atoms. The fourth-order valence-electron chi connectivity index (χ4n) is 1.38. The smallest absolute Gasteiger partial charge is 0.207 e. The maximum Gasteiger partial charge on any atom is 0.252 e. The van der Waals surface area contributed by atoms with Crippen LogP contribution in [0.4, 0.5) is 17.6 Å². The molecule has 0 atom stereocenters. The molecule has 0 saturated heterocycles. The Morgan fingerprint density at radius 2 is 1.71 bits per heavy atom. The fourth-order valence-corrected chi connectivity index (χ4v) is 1.62. The van der Waals surface area contributed by atoms with Crippen LogP contribution in [0.25, 0.3) is 11.1 Å². The Morgan fingerprint density at radius 3 is 2.35 bits per heavy atom. The zero-order valence-electron chi connectivity index (χ0n) is 8.15. The number of rotatable bonds is 1. The van der Waals surface area contributed by atoms with E-state index in [0.717, 1.165) is 12.1 Å². The Hall–Kier alpha value is -1.62. The second-order valence-corrected chi connectivity index (χ2v) is 3.58. The maximum atomic E-state index is 13.4. The van der Waals surface area contributed by atoms with Crippen molar-refractivity contribution < 1.29 is 17.6 Å². The van der Waals surface area contributed by atoms with Crippen LogP contribution >= 0.6 is 11.6 Å². The minimum Gasteiger partial charge on any atom is -0.207 e. The lowest BCUT2D eigenvalue weighted by Gasteiger charge is -2.07. The third kappa shape index (κ3) is 2.10. The van der Waals surface area contributed by atoms with Crippen LogP contribution in [0.3, 0.4) is 0 Å². The molecule has 0 unspecified atom stereocenters. The highest BCUT2D eigenvalue weighted by Gasteiger charge is 2.20. The first-order chi connectivity index (χ1) is 8.00. The lowest BCUT2D eigenvalue weighted by Crippen LogP contribution is -1.99. The van der Waals surface area contributed by atoms with Crippen LogP contribution in [-0.4, -0.2) is 4.98 Å². The van der Waals surface area contributed by atoms with Crippen molar-refractivity contribution in [3.8, 4) is 11.1 Å². The van der Waals surface area contributed by atoms with Gasteiger partial charge in [0.1, 0.15) is 10.8 Å². The van der Waals surface area contributed by atoms with Gasteiger partial charge in [-0.1, -0.05) is 23.7 Å². The highest BCUT2D eigenvalue weighted by molar-refractivity contribution is 6.33. The molecular formula is C11H4ClF4N. The van der Waals surface area contributed by atoms with Gasteiger partial charge in [0.05, 0.1) is 0 Å². The summed E-state index contributed by atoms with van der Waals surface area (Å²) in [7, 11) is 0. The molecule has 0 fully saturated rings. The van der Waals surface area contributed by atoms with Crippen LogP contribution in [0.1, 0.15) is 0 Å². The highest BCUT2D eigenvalue weighted by Crippen LogP contribution is 2.32. The van der Waals surface area contributed by atoms with E-state index in [9.17, 15) is 17.6 Å². The van der Waals surface area contributed by atoms with Gasteiger partial charge in [-0.2, -0.15) is 13.8 Å². The lowest BCUT2D eigenvalue weighted by atomic mass is 10.1. The molecule has 1 heterocycles. The Morgan fingerprint density at radius 1 is 1.00 bits per heavy atom. The summed E-state index contributed by atoms with van der Waals surface area (Å²) in [6, 6.07) is 4.59. The van der Waals surface area contributed by atoms with Gasteiger partial charge < -0.3 is 0 Å². The number of pyridine rings is 1. The minimum atomic E-state index is -1.62. The van der Waals surface area contributed by atoms with E-state index in [1.807, 2.05) is 0 Å². The van der Waals surface area contributed by atoms with Crippen LogP contribution in [-0.2, 0) is 0 Å². The van der Waals surface area contributed by atoms with Gasteiger partial charge >= 0.3 is 0 Å². The van der Waals surface area contributed by atoms with E-state index in [0.29, 0.717) is 0 Å². The van der Waals surface area contributed by atoms with E-state index in [2.05, 4.69) is 4.98 Å². The second kappa shape index (κ2) is 4.33. The van der Waals surface area contributed by atoms with Crippen molar-refractivity contribution in [2.45, 2.75) is 0 Å². The summed E-state index contributed by atoms with van der Waals surface area (Å²) in [4.78, 5) is 2.65. The molecule has 0 saturated carbocycles. The molecule has 0 aliphatic carbocycles. The van der Waals surface area contributed by atoms with Crippen molar-refractivity contribution in [3.63, 3.8) is 0 Å². The summed E-state index contributed by atoms with van der Waals surface area (Å²) >= 11 is 5.49. The van der Waals surface area contributed by atoms with E-state index in [1.165, 1.54) is 12.1 Å². The van der Waals surface area contributed by atoms with Crippen LogP contribution in [0.2, 0.25) is 5.02 Å². The fraction of sp³-hybridized carbons (Fsp3) is 0. The average Bonchev–Trinajstić information content (AvgIpc) is 2.27. The molecule has 2 rings (SSSR count). The predicted molar refractivity (Wildman–Crippen MR) is 54.5 cm³/mol. The van der Waals surface area contributed by atoms with Crippen molar-refractivity contribution in [1.29, 1.82) is 0 Å². The molecule has 1 aromatic carbocycles. The number of benzene rings is 1. The Kier molecular flexibility index (Phi) is 3.02. The molecule has 6 heteroatoms. The Bertz CT molecular complexity index is 560. The number of halogens is 5. The Balaban J connectivity index is 2.75. The van der Waals surface area contributed by atoms with E-state index in [4.69, 9.17) is 11.6 Å². The summed E-state index contributed by atoms with van der Waals surface area (Å²) in [5.74, 6) is -5.05. The summed E-state index contributed by atoms with van der Waals surface area (Å²) in [5.41, 5.74) is -0.608. The van der Waals surface area contributed by atoms with E-state index < -0.39 is 34.1 Å². The quantitative estimate of drug-likeness (QED) is 0.559. The zero-order chi connectivity index (χ0) is 12.6. The predicted octanol–water partition coefficient (Wildman–Crippen LogP) is 3.96. The Labute approximate surface area is 98.7 Å². The van der Waals surface area contributed by atoms with Gasteiger partial charge in [0.25, 0.3) is 5.95 Å². The molecule has 0 radical (unpaired) electrons. The van der Waals surface area contributed by atoms with Gasteiger partial charge in [0.2, 0.25) is 5.95 Å². The van der Waals surface area contributed by atoms with Gasteiger partial charge in [0.15, 0.2) is 5.82 Å². The summed E-state index contributed by atoms with van der Waals surface area (Å²) in [6.45, 7) is 0. The van der Waals surface area contributed by atoms with Crippen LogP contribution in [0.15, 0.2) is 24.3 Å². The first-order valence-corrected chi connectivity index (χ1v) is 4.84. The van der Waals surface area contributed by atoms with Crippen molar-refractivity contribution in [3.05, 3.63) is 52.8 Å². The topological polar surface area (TPSA) is 12.9 Å². The summed E-state index contributed by atoms with van der Waals surface area (Å²) < 4.78 is 52.4. The average molecular weight is 262 g/mol. The van der Waals surface area contributed by atoms with Crippen molar-refractivity contribution >= 4 is 11.6 Å². The SMILES string of the molecule is Fc1cccc(-c2c(F)c(F)nc(F)c2Cl)c1. The lowest BCUT2D eigenvalue weighted by molar-refractivity contribution is 0.450. The van der Waals surface area contributed by atoms with E-state index >= 15 is 0 Å². The maximum absolute atomic E-state index is 13.4. The van der Waals surface area contributed by atoms with Crippen LogP contribution in [0, 0.1) is 23.5 Å². The minimum absolute atomic E-state index is 0.0623. The summed E-state index contributed by atoms with van der Waals surface area (Å²) in [6.07, 6.45) is 0. The largest absolute Gasteiger partial charge is 0.252 e. The van der Waals surface area contributed by atoms with E-state index in [-0.39, 0.29) is 5.56 Å². The van der Waals surface area contributed by atoms with Crippen LogP contribution in [0.5, 0.6) is 0 Å². The number of hydrogen-bond donors (Lipinski definition) is 0. The van der Waals surface area contributed by atoms with Gasteiger partial charge in [-0.3, -0.25) is 0 Å². The molecule has 2 aromatic rings. The van der Waals surface area contributed by atoms with Gasteiger partial charge in [0, 0.05) is 5.56 Å². The molecule has 0 aliphatic heterocycles. The number of aromatic nitrogens is 1. The standard InChI is InChI=1S/C11H4ClF4N/c12-8-7(5-2-1-3-6(13)4-5)9(14)11(16)17-10(8)15/h1-4H. The monoisotopic (exact) mass is 261 g/mol. The zero-order valence-corrected chi connectivity index (χ0v) is 8.90. The van der Waals surface area contributed by atoms with Crippen molar-refractivity contribution in [2.24, 2.45) is 0 Å². The third-order valence-corrected chi connectivity index (χ3v) is 2.46. The normalized spacial score (nSPS) is 10.6. The van der Waals surface area contributed by atoms with Crippen molar-refractivity contribution in [2.75, 3.05) is 0 Å². The molecule has 0 aliphatic rings. The van der Waals surface area contributed by atoms with Crippen molar-refractivity contribution in [1.82, 2.24) is 4.98 Å². The third-order valence-electron chi connectivity index (χ3n) is 2.11. The molecule has 1 aromatic heterocycles. The molecule has 1 nitrogen and oxygen atoms in total. The molecule has 0 bridgehead atoms. The molecule has 88 valence electrons. The highest BCUT2D eigenvalue weighted by atomic mass is 35.5. The van der Waals surface area contributed by atoms with Crippen LogP contribution < -0.4 is 0 Å². The number of hydrogen-bond acceptors (Lipinski definition) is 1. The summed E-state index contributed by atoms with van der Waals surface area (Å²) in [5, 5.41) is -0.686. The molecule has 0 N–H and O–H groups in total. The second-order valence-electron chi connectivity index (χ2n) is 3.21. The van der Waals surface area contributed by atoms with Gasteiger partial charge in [-0.05, 0) is 17.7 Å². The molecule has 17 heavy (non-hydrogen) atoms. The van der Waals surface area contributed by atoms with Gasteiger partial charge in [-0.15, -0.1) is 0 Å². The molecular weight excluding hydrogens is 258 g/mol. The molecule has 0 amide bonds. The number of nitrogens with zero attached hydrogens (tertiary/aromatic N) is 1. The first kappa shape index (κ1) is 11.9. The van der Waals surface area contributed by atoms with E-state index in [1.54, 1.807) is 0 Å².